The Balaban J connectivity index is 1.70. The van der Waals surface area contributed by atoms with E-state index in [9.17, 15) is 4.79 Å². The zero-order valence-electron chi connectivity index (χ0n) is 11.3. The molecule has 2 heterocycles. The predicted octanol–water partition coefficient (Wildman–Crippen LogP) is 1.30. The lowest BCUT2D eigenvalue weighted by Gasteiger charge is -2.46. The fraction of sp³-hybridized carbons (Fsp3) is 0.929. The van der Waals surface area contributed by atoms with Crippen molar-refractivity contribution >= 4 is 5.91 Å². The maximum absolute atomic E-state index is 11.9. The summed E-state index contributed by atoms with van der Waals surface area (Å²) in [7, 11) is 0. The second-order valence-electron chi connectivity index (χ2n) is 6.09. The summed E-state index contributed by atoms with van der Waals surface area (Å²) in [5, 5.41) is 3.40. The van der Waals surface area contributed by atoms with Gasteiger partial charge in [-0.15, -0.1) is 0 Å². The number of carbonyl (C=O) groups is 1. The average Bonchev–Trinajstić information content (AvgIpc) is 3.14. The molecule has 4 heteroatoms. The highest BCUT2D eigenvalue weighted by atomic mass is 16.5. The highest BCUT2D eigenvalue weighted by Crippen LogP contribution is 2.38. The van der Waals surface area contributed by atoms with Gasteiger partial charge in [-0.1, -0.05) is 0 Å². The third-order valence-electron chi connectivity index (χ3n) is 4.68. The molecule has 4 nitrogen and oxygen atoms in total. The van der Waals surface area contributed by atoms with Crippen LogP contribution in [0.15, 0.2) is 0 Å². The third kappa shape index (κ3) is 2.41. The normalized spacial score (nSPS) is 31.3. The van der Waals surface area contributed by atoms with Crippen LogP contribution in [0, 0.1) is 0 Å². The lowest BCUT2D eigenvalue weighted by atomic mass is 9.82. The van der Waals surface area contributed by atoms with Gasteiger partial charge in [0.05, 0.1) is 5.60 Å². The van der Waals surface area contributed by atoms with Crippen LogP contribution in [-0.2, 0) is 9.53 Å². The van der Waals surface area contributed by atoms with E-state index >= 15 is 0 Å². The van der Waals surface area contributed by atoms with E-state index < -0.39 is 0 Å². The second-order valence-corrected chi connectivity index (χ2v) is 6.09. The lowest BCUT2D eigenvalue weighted by molar-refractivity contribution is -0.145. The molecule has 1 amide bonds. The molecule has 0 unspecified atom stereocenters. The lowest BCUT2D eigenvalue weighted by Crippen LogP contribution is -2.54. The molecule has 3 fully saturated rings. The Labute approximate surface area is 109 Å². The number of rotatable bonds is 2. The molecule has 18 heavy (non-hydrogen) atoms. The largest absolute Gasteiger partial charge is 0.375 e. The molecule has 2 aliphatic heterocycles. The number of nitrogens with one attached hydrogen (secondary N) is 1. The van der Waals surface area contributed by atoms with Crippen molar-refractivity contribution in [3.63, 3.8) is 0 Å². The van der Waals surface area contributed by atoms with Crippen LogP contribution in [0.4, 0.5) is 0 Å². The standard InChI is InChI=1S/C14H24N2O2/c1-11(17)16(12-2-3-12)13-4-9-18-14(10-13)5-7-15-8-6-14/h12-13,15H,2-10H2,1H3/t13-/m1/s1. The summed E-state index contributed by atoms with van der Waals surface area (Å²) >= 11 is 0. The summed E-state index contributed by atoms with van der Waals surface area (Å²) < 4.78 is 6.09. The van der Waals surface area contributed by atoms with Crippen molar-refractivity contribution in [1.82, 2.24) is 10.2 Å². The van der Waals surface area contributed by atoms with Crippen molar-refractivity contribution in [2.45, 2.75) is 63.1 Å². The van der Waals surface area contributed by atoms with Gasteiger partial charge in [-0.25, -0.2) is 0 Å². The van der Waals surface area contributed by atoms with Gasteiger partial charge in [0.2, 0.25) is 5.91 Å². The first-order valence-electron chi connectivity index (χ1n) is 7.34. The molecular formula is C14H24N2O2. The summed E-state index contributed by atoms with van der Waals surface area (Å²) in [6, 6.07) is 0.950. The molecule has 0 aromatic rings. The topological polar surface area (TPSA) is 41.6 Å². The first-order valence-corrected chi connectivity index (χ1v) is 7.34. The van der Waals surface area contributed by atoms with Crippen LogP contribution in [0.2, 0.25) is 0 Å². The fourth-order valence-electron chi connectivity index (χ4n) is 3.64. The zero-order valence-corrected chi connectivity index (χ0v) is 11.3. The van der Waals surface area contributed by atoms with Gasteiger partial charge >= 0.3 is 0 Å². The monoisotopic (exact) mass is 252 g/mol. The number of carbonyl (C=O) groups excluding carboxylic acids is 1. The SMILES string of the molecule is CC(=O)N(C1CC1)[C@@H]1CCOC2(CCNCC2)C1. The minimum atomic E-state index is 0.0523. The minimum Gasteiger partial charge on any atom is -0.375 e. The molecule has 0 aromatic heterocycles. The summed E-state index contributed by atoms with van der Waals surface area (Å²) in [6.45, 7) is 4.65. The number of hydrogen-bond donors (Lipinski definition) is 1. The molecule has 1 N–H and O–H groups in total. The van der Waals surface area contributed by atoms with Gasteiger partial charge in [0, 0.05) is 25.6 Å². The Morgan fingerprint density at radius 1 is 1.22 bits per heavy atom. The molecule has 0 radical (unpaired) electrons. The Bertz CT molecular complexity index is 316. The second kappa shape index (κ2) is 4.82. The molecule has 3 aliphatic rings. The smallest absolute Gasteiger partial charge is 0.219 e. The maximum atomic E-state index is 11.9. The van der Waals surface area contributed by atoms with Gasteiger partial charge in [-0.2, -0.15) is 0 Å². The quantitative estimate of drug-likeness (QED) is 0.805. The van der Waals surface area contributed by atoms with Crippen LogP contribution in [0.3, 0.4) is 0 Å². The number of hydrogen-bond acceptors (Lipinski definition) is 3. The molecule has 0 bridgehead atoms. The highest BCUT2D eigenvalue weighted by Gasteiger charge is 2.44. The van der Waals surface area contributed by atoms with Crippen molar-refractivity contribution in [2.75, 3.05) is 19.7 Å². The van der Waals surface area contributed by atoms with Crippen LogP contribution in [0.25, 0.3) is 0 Å². The van der Waals surface area contributed by atoms with E-state index in [0.29, 0.717) is 12.1 Å². The predicted molar refractivity (Wildman–Crippen MR) is 69.4 cm³/mol. The third-order valence-corrected chi connectivity index (χ3v) is 4.68. The Morgan fingerprint density at radius 2 is 1.94 bits per heavy atom. The highest BCUT2D eigenvalue weighted by molar-refractivity contribution is 5.74. The van der Waals surface area contributed by atoms with Crippen molar-refractivity contribution in [1.29, 1.82) is 0 Å². The fourth-order valence-corrected chi connectivity index (χ4v) is 3.64. The average molecular weight is 252 g/mol. The van der Waals surface area contributed by atoms with Gasteiger partial charge in [-0.3, -0.25) is 4.79 Å². The van der Waals surface area contributed by atoms with Gasteiger partial charge in [-0.05, 0) is 51.6 Å². The van der Waals surface area contributed by atoms with Gasteiger partial charge in [0.25, 0.3) is 0 Å². The number of nitrogens with zero attached hydrogens (tertiary/aromatic N) is 1. The first-order chi connectivity index (χ1) is 8.70. The van der Waals surface area contributed by atoms with Crippen LogP contribution < -0.4 is 5.32 Å². The van der Waals surface area contributed by atoms with Crippen LogP contribution >= 0.6 is 0 Å². The van der Waals surface area contributed by atoms with Gasteiger partial charge in [0.15, 0.2) is 0 Å². The molecule has 1 aliphatic carbocycles. The molecule has 1 saturated carbocycles. The van der Waals surface area contributed by atoms with Crippen molar-refractivity contribution in [3.05, 3.63) is 0 Å². The van der Waals surface area contributed by atoms with E-state index in [4.69, 9.17) is 4.74 Å². The van der Waals surface area contributed by atoms with Crippen molar-refractivity contribution in [2.24, 2.45) is 0 Å². The Morgan fingerprint density at radius 3 is 2.56 bits per heavy atom. The number of amides is 1. The molecule has 1 atom stereocenters. The zero-order chi connectivity index (χ0) is 12.6. The summed E-state index contributed by atoms with van der Waals surface area (Å²) in [4.78, 5) is 14.0. The first kappa shape index (κ1) is 12.4. The van der Waals surface area contributed by atoms with Crippen LogP contribution in [0.1, 0.15) is 45.4 Å². The van der Waals surface area contributed by atoms with Gasteiger partial charge in [0.1, 0.15) is 0 Å². The summed E-state index contributed by atoms with van der Waals surface area (Å²) in [5.74, 6) is 0.258. The molecule has 3 rings (SSSR count). The van der Waals surface area contributed by atoms with E-state index in [1.807, 2.05) is 0 Å². The molecule has 1 spiro atoms. The molecule has 102 valence electrons. The van der Waals surface area contributed by atoms with E-state index in [1.165, 1.54) is 12.8 Å². The molecule has 2 saturated heterocycles. The molecule has 0 aromatic carbocycles. The van der Waals surface area contributed by atoms with E-state index in [0.717, 1.165) is 45.4 Å². The Kier molecular flexibility index (Phi) is 3.32. The van der Waals surface area contributed by atoms with E-state index in [2.05, 4.69) is 10.2 Å². The van der Waals surface area contributed by atoms with E-state index in [1.54, 1.807) is 6.92 Å². The number of ether oxygens (including phenoxy) is 1. The Hall–Kier alpha value is -0.610. The summed E-state index contributed by atoms with van der Waals surface area (Å²) in [5.41, 5.74) is 0.0523. The maximum Gasteiger partial charge on any atom is 0.219 e. The van der Waals surface area contributed by atoms with Crippen LogP contribution in [-0.4, -0.2) is 48.2 Å². The van der Waals surface area contributed by atoms with Crippen LogP contribution in [0.5, 0.6) is 0 Å². The van der Waals surface area contributed by atoms with Crippen molar-refractivity contribution in [3.8, 4) is 0 Å². The minimum absolute atomic E-state index is 0.0523. The number of piperidine rings is 1. The summed E-state index contributed by atoms with van der Waals surface area (Å²) in [6.07, 6.45) is 6.66. The van der Waals surface area contributed by atoms with Gasteiger partial charge < -0.3 is 15.0 Å². The van der Waals surface area contributed by atoms with E-state index in [-0.39, 0.29) is 11.5 Å². The molecular weight excluding hydrogens is 228 g/mol. The van der Waals surface area contributed by atoms with Crippen molar-refractivity contribution < 1.29 is 9.53 Å².